The van der Waals surface area contributed by atoms with Crippen LogP contribution in [0.25, 0.3) is 0 Å². The van der Waals surface area contributed by atoms with E-state index in [9.17, 15) is 4.79 Å². The molecule has 1 aromatic rings. The summed E-state index contributed by atoms with van der Waals surface area (Å²) in [5.74, 6) is 1.91. The lowest BCUT2D eigenvalue weighted by atomic mass is 9.74. The quantitative estimate of drug-likeness (QED) is 0.198. The van der Waals surface area contributed by atoms with Gasteiger partial charge in [0.25, 0.3) is 0 Å². The molecule has 1 unspecified atom stereocenters. The molecular weight excluding hydrogens is 427 g/mol. The molecule has 1 saturated carbocycles. The molecule has 0 N–H and O–H groups in total. The topological polar surface area (TPSA) is 35.5 Å². The van der Waals surface area contributed by atoms with E-state index in [2.05, 4.69) is 36.4 Å². The Balaban J connectivity index is 2.05. The molecule has 140 valence electrons. The van der Waals surface area contributed by atoms with Gasteiger partial charge in [-0.05, 0) is 62.3 Å². The Morgan fingerprint density at radius 2 is 1.64 bits per heavy atom. The first kappa shape index (κ1) is 20.5. The van der Waals surface area contributed by atoms with Crippen LogP contribution in [0.2, 0.25) is 0 Å². The number of hydrogen-bond acceptors (Lipinski definition) is 3. The van der Waals surface area contributed by atoms with Crippen molar-refractivity contribution < 1.29 is 14.3 Å². The first-order valence-corrected chi connectivity index (χ1v) is 10.9. The maximum absolute atomic E-state index is 11.9. The second kappa shape index (κ2) is 9.79. The molecule has 25 heavy (non-hydrogen) atoms. The van der Waals surface area contributed by atoms with Crippen molar-refractivity contribution in [1.82, 2.24) is 0 Å². The van der Waals surface area contributed by atoms with Crippen molar-refractivity contribution in [2.75, 3.05) is 0 Å². The predicted octanol–water partition coefficient (Wildman–Crippen LogP) is 6.32. The van der Waals surface area contributed by atoms with Gasteiger partial charge >= 0.3 is 5.97 Å². The first-order chi connectivity index (χ1) is 12.0. The normalized spacial score (nSPS) is 17.1. The molecule has 1 atom stereocenters. The molecule has 4 heteroatoms. The molecule has 0 aliphatic heterocycles. The van der Waals surface area contributed by atoms with Gasteiger partial charge in [0.1, 0.15) is 21.0 Å². The SMILES string of the molecule is CCC(I)C(=O)Oc1ccc(OC(CC)(CC)C2CCCCC2)cc1. The molecule has 0 amide bonds. The fourth-order valence-electron chi connectivity index (χ4n) is 3.84. The van der Waals surface area contributed by atoms with Gasteiger partial charge in [0, 0.05) is 0 Å². The van der Waals surface area contributed by atoms with E-state index in [0.717, 1.165) is 25.0 Å². The van der Waals surface area contributed by atoms with Gasteiger partial charge in [-0.3, -0.25) is 4.79 Å². The second-order valence-corrected chi connectivity index (χ2v) is 8.48. The van der Waals surface area contributed by atoms with E-state index in [1.165, 1.54) is 32.1 Å². The van der Waals surface area contributed by atoms with Crippen molar-refractivity contribution in [3.05, 3.63) is 24.3 Å². The van der Waals surface area contributed by atoms with Crippen LogP contribution in [0.1, 0.15) is 72.1 Å². The summed E-state index contributed by atoms with van der Waals surface area (Å²) in [5.41, 5.74) is -0.0753. The molecule has 1 fully saturated rings. The minimum atomic E-state index is -0.185. The molecule has 1 aliphatic rings. The summed E-state index contributed by atoms with van der Waals surface area (Å²) in [6.07, 6.45) is 9.36. The zero-order valence-corrected chi connectivity index (χ0v) is 17.9. The van der Waals surface area contributed by atoms with Crippen LogP contribution in [0.3, 0.4) is 0 Å². The van der Waals surface area contributed by atoms with Gasteiger partial charge in [0.2, 0.25) is 0 Å². The van der Waals surface area contributed by atoms with Gasteiger partial charge in [0.05, 0.1) is 0 Å². The van der Waals surface area contributed by atoms with E-state index in [1.54, 1.807) is 0 Å². The summed E-state index contributed by atoms with van der Waals surface area (Å²) in [7, 11) is 0. The fraction of sp³-hybridized carbons (Fsp3) is 0.667. The molecule has 0 saturated heterocycles. The number of halogens is 1. The molecule has 1 aromatic carbocycles. The number of benzene rings is 1. The van der Waals surface area contributed by atoms with Gasteiger partial charge in [-0.15, -0.1) is 0 Å². The number of alkyl halides is 1. The highest BCUT2D eigenvalue weighted by molar-refractivity contribution is 14.1. The third-order valence-corrected chi connectivity index (χ3v) is 6.91. The number of esters is 1. The van der Waals surface area contributed by atoms with Crippen molar-refractivity contribution in [3.8, 4) is 11.5 Å². The van der Waals surface area contributed by atoms with Crippen LogP contribution in [0.4, 0.5) is 0 Å². The summed E-state index contributed by atoms with van der Waals surface area (Å²) in [4.78, 5) is 11.9. The molecule has 0 bridgehead atoms. The molecule has 1 aliphatic carbocycles. The maximum Gasteiger partial charge on any atom is 0.324 e. The van der Waals surface area contributed by atoms with E-state index >= 15 is 0 Å². The highest BCUT2D eigenvalue weighted by Gasteiger charge is 2.38. The molecule has 0 spiro atoms. The van der Waals surface area contributed by atoms with Crippen LogP contribution in [0, 0.1) is 5.92 Å². The lowest BCUT2D eigenvalue weighted by Gasteiger charge is -2.42. The Morgan fingerprint density at radius 3 is 2.16 bits per heavy atom. The van der Waals surface area contributed by atoms with Crippen molar-refractivity contribution in [1.29, 1.82) is 0 Å². The number of hydrogen-bond donors (Lipinski definition) is 0. The van der Waals surface area contributed by atoms with Crippen molar-refractivity contribution in [2.45, 2.75) is 81.7 Å². The van der Waals surface area contributed by atoms with Crippen LogP contribution >= 0.6 is 22.6 Å². The van der Waals surface area contributed by atoms with Crippen LogP contribution in [-0.2, 0) is 4.79 Å². The highest BCUT2D eigenvalue weighted by atomic mass is 127. The smallest absolute Gasteiger partial charge is 0.324 e. The Hall–Kier alpha value is -0.780. The van der Waals surface area contributed by atoms with Gasteiger partial charge in [-0.2, -0.15) is 0 Å². The Labute approximate surface area is 166 Å². The van der Waals surface area contributed by atoms with Crippen LogP contribution < -0.4 is 9.47 Å². The average molecular weight is 458 g/mol. The van der Waals surface area contributed by atoms with E-state index in [-0.39, 0.29) is 15.5 Å². The van der Waals surface area contributed by atoms with Gasteiger partial charge in [-0.1, -0.05) is 62.6 Å². The summed E-state index contributed by atoms with van der Waals surface area (Å²) in [6, 6.07) is 7.53. The molecule has 0 radical (unpaired) electrons. The minimum absolute atomic E-state index is 0.0753. The van der Waals surface area contributed by atoms with Crippen LogP contribution in [0.15, 0.2) is 24.3 Å². The molecular formula is C21H31IO3. The number of ether oxygens (including phenoxy) is 2. The number of carbonyl (C=O) groups is 1. The number of carbonyl (C=O) groups excluding carboxylic acids is 1. The van der Waals surface area contributed by atoms with Crippen LogP contribution in [-0.4, -0.2) is 15.5 Å². The monoisotopic (exact) mass is 458 g/mol. The predicted molar refractivity (Wildman–Crippen MR) is 111 cm³/mol. The molecule has 0 heterocycles. The zero-order valence-electron chi connectivity index (χ0n) is 15.7. The lowest BCUT2D eigenvalue weighted by Crippen LogP contribution is -2.43. The third kappa shape index (κ3) is 5.35. The maximum atomic E-state index is 11.9. The largest absolute Gasteiger partial charge is 0.487 e. The zero-order chi connectivity index (χ0) is 18.3. The van der Waals surface area contributed by atoms with E-state index < -0.39 is 0 Å². The van der Waals surface area contributed by atoms with Gasteiger partial charge < -0.3 is 9.47 Å². The Morgan fingerprint density at radius 1 is 1.08 bits per heavy atom. The highest BCUT2D eigenvalue weighted by Crippen LogP contribution is 2.40. The Kier molecular flexibility index (Phi) is 8.04. The van der Waals surface area contributed by atoms with Gasteiger partial charge in [0.15, 0.2) is 0 Å². The van der Waals surface area contributed by atoms with Gasteiger partial charge in [-0.25, -0.2) is 0 Å². The van der Waals surface area contributed by atoms with E-state index in [0.29, 0.717) is 11.7 Å². The second-order valence-electron chi connectivity index (χ2n) is 6.98. The average Bonchev–Trinajstić information content (AvgIpc) is 2.67. The lowest BCUT2D eigenvalue weighted by molar-refractivity contribution is -0.133. The molecule has 2 rings (SSSR count). The van der Waals surface area contributed by atoms with Crippen molar-refractivity contribution >= 4 is 28.6 Å². The fourth-order valence-corrected chi connectivity index (χ4v) is 3.97. The van der Waals surface area contributed by atoms with E-state index in [4.69, 9.17) is 9.47 Å². The minimum Gasteiger partial charge on any atom is -0.487 e. The summed E-state index contributed by atoms with van der Waals surface area (Å²) in [6.45, 7) is 6.45. The Bertz CT molecular complexity index is 531. The third-order valence-electron chi connectivity index (χ3n) is 5.52. The molecule has 0 aromatic heterocycles. The summed E-state index contributed by atoms with van der Waals surface area (Å²) >= 11 is 2.12. The molecule has 3 nitrogen and oxygen atoms in total. The number of rotatable bonds is 8. The standard InChI is InChI=1S/C21H31IO3/c1-4-19(22)20(23)24-17-12-14-18(15-13-17)25-21(5-2,6-3)16-10-8-7-9-11-16/h12-16,19H,4-11H2,1-3H3. The first-order valence-electron chi connectivity index (χ1n) is 9.69. The summed E-state index contributed by atoms with van der Waals surface area (Å²) < 4.78 is 11.8. The van der Waals surface area contributed by atoms with E-state index in [1.807, 2.05) is 31.2 Å². The van der Waals surface area contributed by atoms with Crippen molar-refractivity contribution in [2.24, 2.45) is 5.92 Å². The summed E-state index contributed by atoms with van der Waals surface area (Å²) in [5, 5.41) is 0. The van der Waals surface area contributed by atoms with Crippen LogP contribution in [0.5, 0.6) is 11.5 Å². The van der Waals surface area contributed by atoms with Crippen molar-refractivity contribution in [3.63, 3.8) is 0 Å².